The van der Waals surface area contributed by atoms with E-state index in [1.807, 2.05) is 0 Å². The molecule has 0 aromatic heterocycles. The van der Waals surface area contributed by atoms with Crippen molar-refractivity contribution >= 4 is 35.6 Å². The van der Waals surface area contributed by atoms with Gasteiger partial charge in [0.1, 0.15) is 0 Å². The second-order valence-corrected chi connectivity index (χ2v) is 5.70. The van der Waals surface area contributed by atoms with Crippen molar-refractivity contribution in [2.24, 2.45) is 10.7 Å². The third kappa shape index (κ3) is 5.82. The lowest BCUT2D eigenvalue weighted by Gasteiger charge is -2.19. The Kier molecular flexibility index (Phi) is 8.03. The maximum Gasteiger partial charge on any atom is 0.193 e. The Morgan fingerprint density at radius 3 is 2.81 bits per heavy atom. The fourth-order valence-electron chi connectivity index (χ4n) is 2.66. The van der Waals surface area contributed by atoms with Gasteiger partial charge in [0.05, 0.1) is 0 Å². The Hall–Kier alpha value is -0.820. The molecule has 0 fully saturated rings. The number of fused-ring (bicyclic) bond motifs is 1. The molecule has 3 N–H and O–H groups in total. The standard InChI is InChI=1S/C16H26N4.HI/c1-20(2)12-6-11-18-16(17)19-15-10-5-8-13-7-3-4-9-14(13)15;/h5,8,10H,3-4,6-7,9,11-12H2,1-2H3,(H3,17,18,19);1H. The van der Waals surface area contributed by atoms with Gasteiger partial charge in [-0.2, -0.15) is 0 Å². The number of nitrogens with two attached hydrogens (primary N) is 1. The van der Waals surface area contributed by atoms with Gasteiger partial charge < -0.3 is 16.0 Å². The number of hydrogen-bond acceptors (Lipinski definition) is 2. The van der Waals surface area contributed by atoms with E-state index in [2.05, 4.69) is 47.5 Å². The number of anilines is 1. The number of guanidine groups is 1. The number of benzene rings is 1. The van der Waals surface area contributed by atoms with E-state index in [1.165, 1.54) is 30.4 Å². The van der Waals surface area contributed by atoms with Crippen LogP contribution in [0.2, 0.25) is 0 Å². The van der Waals surface area contributed by atoms with E-state index in [0.29, 0.717) is 5.96 Å². The van der Waals surface area contributed by atoms with Gasteiger partial charge >= 0.3 is 0 Å². The number of nitrogens with one attached hydrogen (secondary N) is 1. The molecule has 5 heteroatoms. The highest BCUT2D eigenvalue weighted by Gasteiger charge is 2.12. The number of hydrogen-bond donors (Lipinski definition) is 2. The largest absolute Gasteiger partial charge is 0.370 e. The number of rotatable bonds is 5. The highest BCUT2D eigenvalue weighted by atomic mass is 127. The van der Waals surface area contributed by atoms with Crippen LogP contribution in [0.1, 0.15) is 30.4 Å². The van der Waals surface area contributed by atoms with Crippen LogP contribution in [0.15, 0.2) is 23.2 Å². The Morgan fingerprint density at radius 1 is 1.29 bits per heavy atom. The Labute approximate surface area is 145 Å². The fourth-order valence-corrected chi connectivity index (χ4v) is 2.66. The SMILES string of the molecule is CN(C)CCCN=C(N)Nc1cccc2c1CCCC2.I. The molecular formula is C16H27IN4. The molecule has 118 valence electrons. The minimum Gasteiger partial charge on any atom is -0.370 e. The van der Waals surface area contributed by atoms with E-state index in [9.17, 15) is 0 Å². The maximum absolute atomic E-state index is 5.98. The van der Waals surface area contributed by atoms with Crippen LogP contribution in [0, 0.1) is 0 Å². The lowest BCUT2D eigenvalue weighted by atomic mass is 9.90. The molecule has 0 saturated carbocycles. The van der Waals surface area contributed by atoms with Crippen molar-refractivity contribution in [3.05, 3.63) is 29.3 Å². The van der Waals surface area contributed by atoms with Crippen LogP contribution in [0.25, 0.3) is 0 Å². The minimum absolute atomic E-state index is 0. The molecule has 1 aromatic carbocycles. The van der Waals surface area contributed by atoms with E-state index in [1.54, 1.807) is 0 Å². The van der Waals surface area contributed by atoms with E-state index in [4.69, 9.17) is 5.73 Å². The zero-order chi connectivity index (χ0) is 14.4. The molecule has 1 aliphatic carbocycles. The van der Waals surface area contributed by atoms with Crippen molar-refractivity contribution in [1.82, 2.24) is 4.90 Å². The monoisotopic (exact) mass is 402 g/mol. The lowest BCUT2D eigenvalue weighted by Crippen LogP contribution is -2.24. The smallest absolute Gasteiger partial charge is 0.193 e. The van der Waals surface area contributed by atoms with E-state index in [0.717, 1.165) is 31.6 Å². The predicted octanol–water partition coefficient (Wildman–Crippen LogP) is 2.86. The zero-order valence-corrected chi connectivity index (χ0v) is 15.4. The summed E-state index contributed by atoms with van der Waals surface area (Å²) in [5.41, 5.74) is 10.00. The average Bonchev–Trinajstić information content (AvgIpc) is 2.44. The molecule has 0 spiro atoms. The summed E-state index contributed by atoms with van der Waals surface area (Å²) >= 11 is 0. The van der Waals surface area contributed by atoms with Gasteiger partial charge in [0.2, 0.25) is 0 Å². The van der Waals surface area contributed by atoms with E-state index < -0.39 is 0 Å². The van der Waals surface area contributed by atoms with Crippen LogP contribution in [0.3, 0.4) is 0 Å². The van der Waals surface area contributed by atoms with Crippen LogP contribution in [-0.4, -0.2) is 38.0 Å². The highest BCUT2D eigenvalue weighted by Crippen LogP contribution is 2.27. The van der Waals surface area contributed by atoms with Crippen LogP contribution >= 0.6 is 24.0 Å². The molecule has 0 atom stereocenters. The van der Waals surface area contributed by atoms with Crippen molar-refractivity contribution in [2.75, 3.05) is 32.5 Å². The third-order valence-electron chi connectivity index (χ3n) is 3.70. The molecule has 0 bridgehead atoms. The van der Waals surface area contributed by atoms with E-state index in [-0.39, 0.29) is 24.0 Å². The molecule has 1 aliphatic rings. The van der Waals surface area contributed by atoms with Crippen LogP contribution in [0.4, 0.5) is 5.69 Å². The molecule has 2 rings (SSSR count). The summed E-state index contributed by atoms with van der Waals surface area (Å²) < 4.78 is 0. The first kappa shape index (κ1) is 18.2. The van der Waals surface area contributed by atoms with Crippen LogP contribution in [0.5, 0.6) is 0 Å². The average molecular weight is 402 g/mol. The van der Waals surface area contributed by atoms with Gasteiger partial charge in [0, 0.05) is 12.2 Å². The molecule has 1 aromatic rings. The summed E-state index contributed by atoms with van der Waals surface area (Å²) in [5, 5.41) is 3.27. The minimum atomic E-state index is 0. The van der Waals surface area contributed by atoms with Gasteiger partial charge in [-0.25, -0.2) is 0 Å². The summed E-state index contributed by atoms with van der Waals surface area (Å²) in [5.74, 6) is 0.530. The predicted molar refractivity (Wildman–Crippen MR) is 102 cm³/mol. The molecule has 0 heterocycles. The number of aliphatic imine (C=N–C) groups is 1. The van der Waals surface area contributed by atoms with Crippen molar-refractivity contribution in [1.29, 1.82) is 0 Å². The maximum atomic E-state index is 5.98. The highest BCUT2D eigenvalue weighted by molar-refractivity contribution is 14.0. The fraction of sp³-hybridized carbons (Fsp3) is 0.562. The molecule has 0 amide bonds. The summed E-state index contributed by atoms with van der Waals surface area (Å²) in [6.07, 6.45) is 5.93. The summed E-state index contributed by atoms with van der Waals surface area (Å²) in [6, 6.07) is 6.43. The first-order valence-electron chi connectivity index (χ1n) is 7.49. The first-order valence-corrected chi connectivity index (χ1v) is 7.49. The van der Waals surface area contributed by atoms with Gasteiger partial charge in [-0.3, -0.25) is 4.99 Å². The number of nitrogens with zero attached hydrogens (tertiary/aromatic N) is 2. The van der Waals surface area contributed by atoms with E-state index >= 15 is 0 Å². The molecule has 0 radical (unpaired) electrons. The molecule has 0 aliphatic heterocycles. The summed E-state index contributed by atoms with van der Waals surface area (Å²) in [7, 11) is 4.14. The van der Waals surface area contributed by atoms with Gasteiger partial charge in [-0.15, -0.1) is 24.0 Å². The van der Waals surface area contributed by atoms with Gasteiger partial charge in [0.25, 0.3) is 0 Å². The first-order chi connectivity index (χ1) is 9.66. The second kappa shape index (κ2) is 9.25. The van der Waals surface area contributed by atoms with Crippen molar-refractivity contribution < 1.29 is 0 Å². The normalized spacial score (nSPS) is 14.5. The van der Waals surface area contributed by atoms with Gasteiger partial charge in [-0.05, 0) is 69.9 Å². The van der Waals surface area contributed by atoms with Gasteiger partial charge in [-0.1, -0.05) is 12.1 Å². The summed E-state index contributed by atoms with van der Waals surface area (Å²) in [4.78, 5) is 6.56. The number of halogens is 1. The molecule has 0 unspecified atom stereocenters. The molecule has 21 heavy (non-hydrogen) atoms. The topological polar surface area (TPSA) is 53.6 Å². The summed E-state index contributed by atoms with van der Waals surface area (Å²) in [6.45, 7) is 1.81. The lowest BCUT2D eigenvalue weighted by molar-refractivity contribution is 0.403. The van der Waals surface area contributed by atoms with Crippen molar-refractivity contribution in [2.45, 2.75) is 32.1 Å². The van der Waals surface area contributed by atoms with Crippen LogP contribution < -0.4 is 11.1 Å². The van der Waals surface area contributed by atoms with Gasteiger partial charge in [0.15, 0.2) is 5.96 Å². The third-order valence-corrected chi connectivity index (χ3v) is 3.70. The molecule has 4 nitrogen and oxygen atoms in total. The Balaban J connectivity index is 0.00000220. The Bertz CT molecular complexity index is 471. The zero-order valence-electron chi connectivity index (χ0n) is 13.1. The second-order valence-electron chi connectivity index (χ2n) is 5.70. The van der Waals surface area contributed by atoms with Crippen LogP contribution in [-0.2, 0) is 12.8 Å². The molecule has 0 saturated heterocycles. The van der Waals surface area contributed by atoms with Crippen molar-refractivity contribution in [3.63, 3.8) is 0 Å². The Morgan fingerprint density at radius 2 is 2.05 bits per heavy atom. The van der Waals surface area contributed by atoms with Crippen molar-refractivity contribution in [3.8, 4) is 0 Å². The quantitative estimate of drug-likeness (QED) is 0.345. The molecular weight excluding hydrogens is 375 g/mol. The number of aryl methyl sites for hydroxylation is 1.